The maximum atomic E-state index is 16.1. The first-order valence-electron chi connectivity index (χ1n) is 12.2. The Hall–Kier alpha value is -3.43. The van der Waals surface area contributed by atoms with Gasteiger partial charge in [0.05, 0.1) is 12.9 Å². The van der Waals surface area contributed by atoms with Crippen LogP contribution in [0, 0.1) is 0 Å². The number of nitrogens with two attached hydrogens (primary N) is 1. The van der Waals surface area contributed by atoms with Crippen molar-refractivity contribution in [1.29, 1.82) is 0 Å². The van der Waals surface area contributed by atoms with Crippen LogP contribution in [0.3, 0.4) is 0 Å². The van der Waals surface area contributed by atoms with Crippen molar-refractivity contribution >= 4 is 36.6 Å². The van der Waals surface area contributed by atoms with Crippen molar-refractivity contribution in [2.24, 2.45) is 0 Å². The highest BCUT2D eigenvalue weighted by atomic mass is 31.2. The molecule has 0 spiro atoms. The molecular formula is C23H30F2N7O7P. The van der Waals surface area contributed by atoms with E-state index in [0.717, 1.165) is 17.8 Å². The number of para-hydroxylation sites is 1. The van der Waals surface area contributed by atoms with Crippen LogP contribution in [0.15, 0.2) is 36.7 Å². The monoisotopic (exact) mass is 585 g/mol. The van der Waals surface area contributed by atoms with Gasteiger partial charge in [0.25, 0.3) is 5.85 Å². The molecule has 0 unspecified atom stereocenters. The van der Waals surface area contributed by atoms with Crippen molar-refractivity contribution in [1.82, 2.24) is 24.6 Å². The van der Waals surface area contributed by atoms with E-state index in [1.54, 1.807) is 32.2 Å². The third kappa shape index (κ3) is 5.71. The fourth-order valence-corrected chi connectivity index (χ4v) is 5.59. The summed E-state index contributed by atoms with van der Waals surface area (Å²) in [6.45, 7) is 2.62. The summed E-state index contributed by atoms with van der Waals surface area (Å²) in [6.07, 6.45) is -3.10. The molecule has 218 valence electrons. The number of aliphatic hydroxyl groups is 1. The fourth-order valence-electron chi connectivity index (χ4n) is 4.08. The van der Waals surface area contributed by atoms with E-state index in [4.69, 9.17) is 24.3 Å². The Morgan fingerprint density at radius 3 is 2.67 bits per heavy atom. The maximum absolute atomic E-state index is 16.1. The lowest BCUT2D eigenvalue weighted by atomic mass is 9.97. The lowest BCUT2D eigenvalue weighted by molar-refractivity contribution is -0.202. The molecule has 14 nitrogen and oxygen atoms in total. The molecule has 17 heteroatoms. The number of fused-ring (bicyclic) bond motifs is 1. The van der Waals surface area contributed by atoms with Crippen LogP contribution in [0.25, 0.3) is 11.2 Å². The predicted octanol–water partition coefficient (Wildman–Crippen LogP) is 2.48. The van der Waals surface area contributed by atoms with Gasteiger partial charge >= 0.3 is 13.7 Å². The van der Waals surface area contributed by atoms with Gasteiger partial charge in [-0.2, -0.15) is 15.1 Å². The van der Waals surface area contributed by atoms with Crippen LogP contribution in [0.4, 0.5) is 20.5 Å². The second kappa shape index (κ2) is 11.2. The van der Waals surface area contributed by atoms with E-state index in [1.165, 1.54) is 19.1 Å². The molecule has 1 aliphatic rings. The molecule has 0 amide bonds. The van der Waals surface area contributed by atoms with Crippen LogP contribution >= 0.6 is 7.75 Å². The van der Waals surface area contributed by atoms with E-state index in [-0.39, 0.29) is 35.3 Å². The van der Waals surface area contributed by atoms with Crippen LogP contribution < -0.4 is 20.7 Å². The molecule has 3 aromatic rings. The highest BCUT2D eigenvalue weighted by molar-refractivity contribution is 7.52. The molecule has 2 aromatic heterocycles. The first kappa shape index (κ1) is 29.6. The molecule has 1 aliphatic heterocycles. The van der Waals surface area contributed by atoms with Crippen molar-refractivity contribution < 1.29 is 41.8 Å². The van der Waals surface area contributed by atoms with Crippen LogP contribution in [0.1, 0.15) is 27.0 Å². The minimum Gasteiger partial charge on any atom is -0.465 e. The van der Waals surface area contributed by atoms with Crippen molar-refractivity contribution in [2.45, 2.75) is 50.7 Å². The highest BCUT2D eigenvalue weighted by Gasteiger charge is 2.65. The standard InChI is InChI=1S/C23H30F2N7O7P/c1-5-36-18(33)13(2)31-40(35,39-14-9-7-6-8-10-14)37-11-23(25)19(34)22(3,24)20(38-23)32-12-28-15-16(27-4)29-21(26)30-17(15)32/h6-10,12-13,19-20,34H,5,11H2,1-4H3,(H,31,35)(H3,26,27,29,30)/t13-,19+,20-,22-,23-,40-/m1/s1. The van der Waals surface area contributed by atoms with Gasteiger partial charge in [-0.05, 0) is 32.9 Å². The Kier molecular flexibility index (Phi) is 8.28. The van der Waals surface area contributed by atoms with Gasteiger partial charge in [-0.15, -0.1) is 0 Å². The average Bonchev–Trinajstić information content (AvgIpc) is 3.40. The second-order valence-corrected chi connectivity index (χ2v) is 10.8. The first-order valence-corrected chi connectivity index (χ1v) is 13.7. The number of carbonyl (C=O) groups excluding carboxylic acids is 1. The number of hydrogen-bond donors (Lipinski definition) is 4. The number of ether oxygens (including phenoxy) is 2. The fraction of sp³-hybridized carbons (Fsp3) is 0.478. The van der Waals surface area contributed by atoms with Crippen molar-refractivity contribution in [3.63, 3.8) is 0 Å². The predicted molar refractivity (Wildman–Crippen MR) is 139 cm³/mol. The number of halogens is 2. The van der Waals surface area contributed by atoms with Crippen LogP contribution in [-0.4, -0.2) is 74.5 Å². The number of aliphatic hydroxyl groups excluding tert-OH is 1. The SMILES string of the molecule is CCOC(=O)[C@@H](C)N[P@@](=O)(OC[C@@]1(F)O[C@@H](n2cnc3c(NC)nc(N)nc32)[C@](C)(F)[C@@H]1O)Oc1ccccc1. The van der Waals surface area contributed by atoms with Crippen LogP contribution in [-0.2, 0) is 23.4 Å². The number of nitrogens with zero attached hydrogens (tertiary/aromatic N) is 4. The summed E-state index contributed by atoms with van der Waals surface area (Å²) in [6, 6.07) is 6.53. The number of aromatic nitrogens is 4. The van der Waals surface area contributed by atoms with Crippen molar-refractivity contribution in [2.75, 3.05) is 31.3 Å². The highest BCUT2D eigenvalue weighted by Crippen LogP contribution is 2.52. The topological polar surface area (TPSA) is 185 Å². The first-order chi connectivity index (χ1) is 18.8. The minimum absolute atomic E-state index is 0.00565. The number of benzene rings is 1. The quantitative estimate of drug-likeness (QED) is 0.190. The van der Waals surface area contributed by atoms with Gasteiger partial charge < -0.3 is 30.2 Å². The second-order valence-electron chi connectivity index (χ2n) is 9.09. The summed E-state index contributed by atoms with van der Waals surface area (Å²) < 4.78 is 67.8. The summed E-state index contributed by atoms with van der Waals surface area (Å²) in [4.78, 5) is 24.3. The van der Waals surface area contributed by atoms with Crippen molar-refractivity contribution in [3.8, 4) is 5.75 Å². The summed E-state index contributed by atoms with van der Waals surface area (Å²) in [5, 5.41) is 15.9. The van der Waals surface area contributed by atoms with Gasteiger partial charge in [0.2, 0.25) is 5.95 Å². The molecule has 0 bridgehead atoms. The van der Waals surface area contributed by atoms with Crippen molar-refractivity contribution in [3.05, 3.63) is 36.7 Å². The third-order valence-electron chi connectivity index (χ3n) is 6.05. The van der Waals surface area contributed by atoms with Gasteiger partial charge in [0.15, 0.2) is 35.0 Å². The number of nitrogen functional groups attached to an aromatic ring is 1. The Labute approximate surface area is 227 Å². The van der Waals surface area contributed by atoms with E-state index < -0.39 is 50.2 Å². The number of alkyl halides is 2. The van der Waals surface area contributed by atoms with Gasteiger partial charge in [-0.25, -0.2) is 18.3 Å². The smallest absolute Gasteiger partial charge is 0.459 e. The number of nitrogens with one attached hydrogen (secondary N) is 2. The summed E-state index contributed by atoms with van der Waals surface area (Å²) in [5.41, 5.74) is 3.18. The molecule has 0 radical (unpaired) electrons. The van der Waals surface area contributed by atoms with E-state index in [9.17, 15) is 14.5 Å². The molecule has 1 saturated heterocycles. The van der Waals surface area contributed by atoms with E-state index >= 15 is 8.78 Å². The van der Waals surface area contributed by atoms with Gasteiger partial charge in [-0.1, -0.05) is 18.2 Å². The third-order valence-corrected chi connectivity index (χ3v) is 7.68. The summed E-state index contributed by atoms with van der Waals surface area (Å²) in [5.74, 6) is -3.89. The molecular weight excluding hydrogens is 555 g/mol. The Morgan fingerprint density at radius 1 is 1.32 bits per heavy atom. The lowest BCUT2D eigenvalue weighted by Gasteiger charge is -2.28. The number of hydrogen-bond acceptors (Lipinski definition) is 12. The van der Waals surface area contributed by atoms with Crippen LogP contribution in [0.5, 0.6) is 5.75 Å². The number of imidazole rings is 1. The number of carbonyl (C=O) groups is 1. The number of anilines is 2. The zero-order valence-electron chi connectivity index (χ0n) is 22.1. The normalized spacial score (nSPS) is 26.8. The zero-order chi connectivity index (χ0) is 29.3. The van der Waals surface area contributed by atoms with Gasteiger partial charge in [-0.3, -0.25) is 13.9 Å². The molecule has 40 heavy (non-hydrogen) atoms. The zero-order valence-corrected chi connectivity index (χ0v) is 23.0. The molecule has 3 heterocycles. The van der Waals surface area contributed by atoms with Crippen LogP contribution in [0.2, 0.25) is 0 Å². The van der Waals surface area contributed by atoms with E-state index in [2.05, 4.69) is 25.4 Å². The molecule has 5 N–H and O–H groups in total. The molecule has 1 aromatic carbocycles. The lowest BCUT2D eigenvalue weighted by Crippen LogP contribution is -2.47. The van der Waals surface area contributed by atoms with Gasteiger partial charge in [0, 0.05) is 7.05 Å². The largest absolute Gasteiger partial charge is 0.465 e. The minimum atomic E-state index is -4.54. The van der Waals surface area contributed by atoms with E-state index in [1.807, 2.05) is 0 Å². The molecule has 1 fully saturated rings. The maximum Gasteiger partial charge on any atom is 0.459 e. The molecule has 0 saturated carbocycles. The van der Waals surface area contributed by atoms with E-state index in [0.29, 0.717) is 0 Å². The van der Waals surface area contributed by atoms with Gasteiger partial charge in [0.1, 0.15) is 18.4 Å². The average molecular weight is 586 g/mol. The number of rotatable bonds is 11. The Balaban J connectivity index is 1.61. The molecule has 6 atom stereocenters. The number of esters is 1. The summed E-state index contributed by atoms with van der Waals surface area (Å²) in [7, 11) is -2.98. The Morgan fingerprint density at radius 2 is 2.02 bits per heavy atom. The Bertz CT molecular complexity index is 1410. The molecule has 0 aliphatic carbocycles. The summed E-state index contributed by atoms with van der Waals surface area (Å²) >= 11 is 0. The molecule has 4 rings (SSSR count).